The van der Waals surface area contributed by atoms with E-state index in [1.807, 2.05) is 0 Å². The zero-order chi connectivity index (χ0) is 11.6. The lowest BCUT2D eigenvalue weighted by Crippen LogP contribution is -2.38. The summed E-state index contributed by atoms with van der Waals surface area (Å²) in [6.07, 6.45) is 0. The van der Waals surface area contributed by atoms with Crippen molar-refractivity contribution in [1.29, 1.82) is 0 Å². The van der Waals surface area contributed by atoms with E-state index in [-0.39, 0.29) is 28.2 Å². The Kier molecular flexibility index (Phi) is 3.39. The maximum absolute atomic E-state index is 11.2. The minimum Gasteiger partial charge on any atom is -0.423 e. The maximum atomic E-state index is 11.2. The molecular weight excluding hydrogens is 195 g/mol. The monoisotopic (exact) mass is 206 g/mol. The Hall–Kier alpha value is -1.46. The van der Waals surface area contributed by atoms with Gasteiger partial charge in [-0.1, -0.05) is 18.2 Å². The summed E-state index contributed by atoms with van der Waals surface area (Å²) in [5, 5.41) is 18.3. The van der Waals surface area contributed by atoms with Crippen LogP contribution in [0.5, 0.6) is 0 Å². The number of benzene rings is 1. The van der Waals surface area contributed by atoms with Crippen LogP contribution in [0.1, 0.15) is 34.6 Å². The molecule has 0 spiro atoms. The molecule has 0 saturated heterocycles. The average molecular weight is 206 g/mol. The van der Waals surface area contributed by atoms with E-state index in [4.69, 9.17) is 10.0 Å². The van der Waals surface area contributed by atoms with E-state index >= 15 is 0 Å². The molecule has 5 heteroatoms. The van der Waals surface area contributed by atoms with Crippen LogP contribution >= 0.6 is 0 Å². The summed E-state index contributed by atoms with van der Waals surface area (Å²) in [7, 11) is -1.82. The first kappa shape index (κ1) is 11.6. The van der Waals surface area contributed by atoms with Crippen molar-refractivity contribution in [2.45, 2.75) is 13.8 Å². The second kappa shape index (κ2) is 4.38. The van der Waals surface area contributed by atoms with Gasteiger partial charge in [-0.2, -0.15) is 0 Å². The predicted molar refractivity (Wildman–Crippen MR) is 56.3 cm³/mol. The zero-order valence-electron chi connectivity index (χ0n) is 8.52. The first-order valence-corrected chi connectivity index (χ1v) is 4.46. The van der Waals surface area contributed by atoms with Crippen molar-refractivity contribution in [3.63, 3.8) is 0 Å². The first-order valence-electron chi connectivity index (χ1n) is 4.46. The van der Waals surface area contributed by atoms with Crippen molar-refractivity contribution < 1.29 is 19.6 Å². The summed E-state index contributed by atoms with van der Waals surface area (Å²) in [5.74, 6) is -0.609. The number of Topliss-reactive ketones (excluding diaryl/α,β-unsaturated/α-hetero) is 2. The minimum atomic E-state index is -1.82. The number of carbonyl (C=O) groups excluding carboxylic acids is 2. The molecule has 0 aliphatic carbocycles. The number of hydrogen-bond acceptors (Lipinski definition) is 4. The van der Waals surface area contributed by atoms with Gasteiger partial charge < -0.3 is 10.0 Å². The van der Waals surface area contributed by atoms with Gasteiger partial charge in [-0.3, -0.25) is 9.59 Å². The highest BCUT2D eigenvalue weighted by Gasteiger charge is 2.23. The lowest BCUT2D eigenvalue weighted by atomic mass is 9.72. The van der Waals surface area contributed by atoms with Crippen LogP contribution < -0.4 is 5.46 Å². The molecule has 0 amide bonds. The van der Waals surface area contributed by atoms with Crippen LogP contribution in [0, 0.1) is 0 Å². The Labute approximate surface area is 87.7 Å². The highest BCUT2D eigenvalue weighted by molar-refractivity contribution is 6.62. The molecule has 0 aliphatic heterocycles. The van der Waals surface area contributed by atoms with Gasteiger partial charge in [-0.05, 0) is 13.8 Å². The van der Waals surface area contributed by atoms with E-state index in [9.17, 15) is 9.59 Å². The summed E-state index contributed by atoms with van der Waals surface area (Å²) in [5.41, 5.74) is 0.313. The zero-order valence-corrected chi connectivity index (χ0v) is 8.52. The van der Waals surface area contributed by atoms with Gasteiger partial charge in [-0.15, -0.1) is 0 Å². The SMILES string of the molecule is CC(=O)c1cccc(C(C)=O)c1B(O)O. The molecule has 0 bridgehead atoms. The van der Waals surface area contributed by atoms with E-state index in [2.05, 4.69) is 0 Å². The fraction of sp³-hybridized carbons (Fsp3) is 0.200. The van der Waals surface area contributed by atoms with Crippen molar-refractivity contribution >= 4 is 24.1 Å². The lowest BCUT2D eigenvalue weighted by Gasteiger charge is -2.09. The Balaban J connectivity index is 3.48. The molecule has 0 radical (unpaired) electrons. The van der Waals surface area contributed by atoms with E-state index in [0.29, 0.717) is 0 Å². The maximum Gasteiger partial charge on any atom is 0.489 e. The quantitative estimate of drug-likeness (QED) is 0.529. The van der Waals surface area contributed by atoms with Gasteiger partial charge in [0.15, 0.2) is 11.6 Å². The van der Waals surface area contributed by atoms with Crippen molar-refractivity contribution in [2.75, 3.05) is 0 Å². The summed E-state index contributed by atoms with van der Waals surface area (Å²) < 4.78 is 0. The van der Waals surface area contributed by atoms with Crippen LogP contribution in [0.15, 0.2) is 18.2 Å². The smallest absolute Gasteiger partial charge is 0.423 e. The Morgan fingerprint density at radius 3 is 1.73 bits per heavy atom. The van der Waals surface area contributed by atoms with E-state index in [0.717, 1.165) is 0 Å². The third kappa shape index (κ3) is 2.32. The molecule has 0 saturated carbocycles. The summed E-state index contributed by atoms with van der Waals surface area (Å²) >= 11 is 0. The molecule has 0 fully saturated rings. The van der Waals surface area contributed by atoms with Gasteiger partial charge in [0.2, 0.25) is 0 Å². The van der Waals surface area contributed by atoms with Crippen molar-refractivity contribution in [3.05, 3.63) is 29.3 Å². The largest absolute Gasteiger partial charge is 0.489 e. The molecule has 0 aliphatic rings. The number of carbonyl (C=O) groups is 2. The van der Waals surface area contributed by atoms with Crippen LogP contribution in [-0.2, 0) is 0 Å². The third-order valence-electron chi connectivity index (χ3n) is 2.12. The molecular formula is C10H11BO4. The van der Waals surface area contributed by atoms with E-state index in [1.54, 1.807) is 6.07 Å². The number of rotatable bonds is 3. The minimum absolute atomic E-state index is 0.0162. The summed E-state index contributed by atoms with van der Waals surface area (Å²) in [4.78, 5) is 22.4. The Bertz CT molecular complexity index is 380. The average Bonchev–Trinajstić information content (AvgIpc) is 2.16. The van der Waals surface area contributed by atoms with Crippen LogP contribution in [0.25, 0.3) is 0 Å². The van der Waals surface area contributed by atoms with Gasteiger partial charge in [0, 0.05) is 16.6 Å². The van der Waals surface area contributed by atoms with Gasteiger partial charge >= 0.3 is 7.12 Å². The van der Waals surface area contributed by atoms with Crippen LogP contribution in [0.2, 0.25) is 0 Å². The third-order valence-corrected chi connectivity index (χ3v) is 2.12. The topological polar surface area (TPSA) is 74.6 Å². The van der Waals surface area contributed by atoms with Crippen molar-refractivity contribution in [1.82, 2.24) is 0 Å². The lowest BCUT2D eigenvalue weighted by molar-refractivity contribution is 0.101. The van der Waals surface area contributed by atoms with Gasteiger partial charge in [0.25, 0.3) is 0 Å². The molecule has 0 heterocycles. The van der Waals surface area contributed by atoms with Crippen molar-refractivity contribution in [2.24, 2.45) is 0 Å². The number of hydrogen-bond donors (Lipinski definition) is 2. The highest BCUT2D eigenvalue weighted by atomic mass is 16.4. The molecule has 1 aromatic carbocycles. The fourth-order valence-corrected chi connectivity index (χ4v) is 1.46. The Morgan fingerprint density at radius 2 is 1.47 bits per heavy atom. The highest BCUT2D eigenvalue weighted by Crippen LogP contribution is 2.05. The van der Waals surface area contributed by atoms with Crippen LogP contribution in [-0.4, -0.2) is 28.7 Å². The normalized spacial score (nSPS) is 9.87. The molecule has 0 aromatic heterocycles. The fourth-order valence-electron chi connectivity index (χ4n) is 1.46. The molecule has 1 rings (SSSR count). The molecule has 15 heavy (non-hydrogen) atoms. The van der Waals surface area contributed by atoms with Crippen LogP contribution in [0.3, 0.4) is 0 Å². The predicted octanol–water partition coefficient (Wildman–Crippen LogP) is -0.228. The summed E-state index contributed by atoms with van der Waals surface area (Å²) in [6.45, 7) is 2.62. The van der Waals surface area contributed by atoms with E-state index < -0.39 is 7.12 Å². The van der Waals surface area contributed by atoms with Crippen molar-refractivity contribution in [3.8, 4) is 0 Å². The first-order chi connectivity index (χ1) is 6.95. The molecule has 1 aromatic rings. The van der Waals surface area contributed by atoms with Gasteiger partial charge in [-0.25, -0.2) is 0 Å². The van der Waals surface area contributed by atoms with Gasteiger partial charge in [0.05, 0.1) is 0 Å². The van der Waals surface area contributed by atoms with Crippen LogP contribution in [0.4, 0.5) is 0 Å². The molecule has 78 valence electrons. The molecule has 4 nitrogen and oxygen atoms in total. The second-order valence-electron chi connectivity index (χ2n) is 3.25. The molecule has 2 N–H and O–H groups in total. The van der Waals surface area contributed by atoms with Gasteiger partial charge in [0.1, 0.15) is 0 Å². The second-order valence-corrected chi connectivity index (χ2v) is 3.25. The Morgan fingerprint density at radius 1 is 1.07 bits per heavy atom. The summed E-state index contributed by atoms with van der Waals surface area (Å²) in [6, 6.07) is 4.46. The number of ketones is 2. The van der Waals surface area contributed by atoms with E-state index in [1.165, 1.54) is 26.0 Å². The standard InChI is InChI=1S/C10H11BO4/c1-6(12)8-4-3-5-9(7(2)13)10(8)11(14)15/h3-5,14-15H,1-2H3. The molecule has 0 atom stereocenters. The molecule has 0 unspecified atom stereocenters.